The minimum atomic E-state index is 0.0431. The summed E-state index contributed by atoms with van der Waals surface area (Å²) in [5, 5.41) is 9.79. The number of nitrogens with zero attached hydrogens (tertiary/aromatic N) is 2. The standard InChI is InChI=1S/C15H15BrClN3O/c16-12-13(8-3-1-2-4-8)19-15(20-14(12)18)9-5-6-11(21)10(17)7-9/h5-8,21H,1-4H2,(H2,18,19,20). The molecule has 0 aliphatic heterocycles. The van der Waals surface area contributed by atoms with E-state index in [0.29, 0.717) is 17.6 Å². The highest BCUT2D eigenvalue weighted by Crippen LogP contribution is 2.39. The molecule has 0 atom stereocenters. The zero-order valence-corrected chi connectivity index (χ0v) is 13.7. The fraction of sp³-hybridized carbons (Fsp3) is 0.333. The molecule has 1 heterocycles. The van der Waals surface area contributed by atoms with Gasteiger partial charge in [-0.3, -0.25) is 0 Å². The lowest BCUT2D eigenvalue weighted by molar-refractivity contribution is 0.475. The van der Waals surface area contributed by atoms with Gasteiger partial charge in [-0.1, -0.05) is 24.4 Å². The first kappa shape index (κ1) is 14.6. The molecule has 3 N–H and O–H groups in total. The van der Waals surface area contributed by atoms with Crippen LogP contribution in [0.25, 0.3) is 11.4 Å². The van der Waals surface area contributed by atoms with Crippen molar-refractivity contribution in [3.05, 3.63) is 33.4 Å². The molecule has 1 fully saturated rings. The summed E-state index contributed by atoms with van der Waals surface area (Å²) >= 11 is 9.46. The van der Waals surface area contributed by atoms with Gasteiger partial charge in [-0.15, -0.1) is 0 Å². The van der Waals surface area contributed by atoms with Gasteiger partial charge >= 0.3 is 0 Å². The van der Waals surface area contributed by atoms with Crippen molar-refractivity contribution in [2.45, 2.75) is 31.6 Å². The molecule has 110 valence electrons. The molecule has 1 aliphatic rings. The van der Waals surface area contributed by atoms with E-state index in [2.05, 4.69) is 25.9 Å². The highest BCUT2D eigenvalue weighted by molar-refractivity contribution is 9.10. The molecule has 21 heavy (non-hydrogen) atoms. The molecular weight excluding hydrogens is 354 g/mol. The molecule has 4 nitrogen and oxygen atoms in total. The molecule has 1 aromatic carbocycles. The van der Waals surface area contributed by atoms with E-state index >= 15 is 0 Å². The summed E-state index contributed by atoms with van der Waals surface area (Å²) < 4.78 is 0.794. The van der Waals surface area contributed by atoms with Crippen molar-refractivity contribution < 1.29 is 5.11 Å². The van der Waals surface area contributed by atoms with Crippen LogP contribution >= 0.6 is 27.5 Å². The third-order valence-electron chi connectivity index (χ3n) is 3.85. The van der Waals surface area contributed by atoms with Crippen molar-refractivity contribution in [1.82, 2.24) is 9.97 Å². The molecule has 0 amide bonds. The summed E-state index contributed by atoms with van der Waals surface area (Å²) in [5.74, 6) is 1.45. The van der Waals surface area contributed by atoms with Gasteiger partial charge in [-0.05, 0) is 47.0 Å². The molecule has 2 aromatic rings. The molecular formula is C15H15BrClN3O. The molecule has 0 unspecified atom stereocenters. The van der Waals surface area contributed by atoms with Crippen LogP contribution < -0.4 is 5.73 Å². The number of phenols is 1. The second-order valence-corrected chi connectivity index (χ2v) is 6.48. The smallest absolute Gasteiger partial charge is 0.161 e. The topological polar surface area (TPSA) is 72.0 Å². The summed E-state index contributed by atoms with van der Waals surface area (Å²) in [7, 11) is 0. The maximum atomic E-state index is 9.51. The predicted octanol–water partition coefficient (Wildman–Crippen LogP) is 4.50. The van der Waals surface area contributed by atoms with E-state index in [1.54, 1.807) is 12.1 Å². The number of anilines is 1. The van der Waals surface area contributed by atoms with Gasteiger partial charge in [0, 0.05) is 11.5 Å². The van der Waals surface area contributed by atoms with Crippen LogP contribution in [0, 0.1) is 0 Å². The van der Waals surface area contributed by atoms with Crippen LogP contribution in [0.15, 0.2) is 22.7 Å². The van der Waals surface area contributed by atoms with Crippen molar-refractivity contribution in [3.8, 4) is 17.1 Å². The van der Waals surface area contributed by atoms with E-state index in [1.165, 1.54) is 18.9 Å². The van der Waals surface area contributed by atoms with Gasteiger partial charge in [0.05, 0.1) is 15.2 Å². The summed E-state index contributed by atoms with van der Waals surface area (Å²) in [5.41, 5.74) is 7.73. The molecule has 3 rings (SSSR count). The molecule has 1 aromatic heterocycles. The number of hydrogen-bond acceptors (Lipinski definition) is 4. The average Bonchev–Trinajstić information content (AvgIpc) is 2.98. The Morgan fingerprint density at radius 1 is 1.24 bits per heavy atom. The maximum absolute atomic E-state index is 9.51. The zero-order valence-electron chi connectivity index (χ0n) is 11.3. The lowest BCUT2D eigenvalue weighted by Crippen LogP contribution is -2.05. The number of benzene rings is 1. The predicted molar refractivity (Wildman–Crippen MR) is 87.5 cm³/mol. The highest BCUT2D eigenvalue weighted by Gasteiger charge is 2.23. The van der Waals surface area contributed by atoms with Gasteiger partial charge in [0.25, 0.3) is 0 Å². The minimum absolute atomic E-state index is 0.0431. The van der Waals surface area contributed by atoms with Gasteiger partial charge in [0.1, 0.15) is 11.6 Å². The number of aromatic hydroxyl groups is 1. The summed E-state index contributed by atoms with van der Waals surface area (Å²) in [6, 6.07) is 4.93. The van der Waals surface area contributed by atoms with Crippen molar-refractivity contribution in [2.75, 3.05) is 5.73 Å². The molecule has 0 radical (unpaired) electrons. The molecule has 6 heteroatoms. The van der Waals surface area contributed by atoms with Gasteiger partial charge < -0.3 is 10.8 Å². The van der Waals surface area contributed by atoms with Crippen LogP contribution in [0.4, 0.5) is 5.82 Å². The maximum Gasteiger partial charge on any atom is 0.161 e. The summed E-state index contributed by atoms with van der Waals surface area (Å²) in [4.78, 5) is 9.00. The lowest BCUT2D eigenvalue weighted by Gasteiger charge is -2.14. The second kappa shape index (κ2) is 5.81. The summed E-state index contributed by atoms with van der Waals surface area (Å²) in [6.45, 7) is 0. The number of phenolic OH excluding ortho intramolecular Hbond substituents is 1. The number of nitrogen functional groups attached to an aromatic ring is 1. The SMILES string of the molecule is Nc1nc(-c2ccc(O)c(Cl)c2)nc(C2CCCC2)c1Br. The largest absolute Gasteiger partial charge is 0.506 e. The number of aromatic nitrogens is 2. The zero-order chi connectivity index (χ0) is 15.0. The van der Waals surface area contributed by atoms with Gasteiger partial charge in [-0.25, -0.2) is 9.97 Å². The molecule has 0 bridgehead atoms. The van der Waals surface area contributed by atoms with E-state index in [4.69, 9.17) is 17.3 Å². The quantitative estimate of drug-likeness (QED) is 0.818. The number of halogens is 2. The molecule has 0 saturated heterocycles. The third kappa shape index (κ3) is 2.85. The van der Waals surface area contributed by atoms with E-state index in [9.17, 15) is 5.11 Å². The Kier molecular flexibility index (Phi) is 4.04. The Labute approximate surface area is 136 Å². The Balaban J connectivity index is 2.08. The van der Waals surface area contributed by atoms with E-state index in [-0.39, 0.29) is 10.8 Å². The Morgan fingerprint density at radius 3 is 2.62 bits per heavy atom. The van der Waals surface area contributed by atoms with Crippen molar-refractivity contribution in [2.24, 2.45) is 0 Å². The Morgan fingerprint density at radius 2 is 1.95 bits per heavy atom. The van der Waals surface area contributed by atoms with Crippen LogP contribution in [-0.4, -0.2) is 15.1 Å². The van der Waals surface area contributed by atoms with Gasteiger partial charge in [-0.2, -0.15) is 0 Å². The van der Waals surface area contributed by atoms with Gasteiger partial charge in [0.15, 0.2) is 5.82 Å². The molecule has 0 spiro atoms. The lowest BCUT2D eigenvalue weighted by atomic mass is 10.0. The van der Waals surface area contributed by atoms with Crippen LogP contribution in [0.5, 0.6) is 5.75 Å². The van der Waals surface area contributed by atoms with E-state index in [1.807, 2.05) is 0 Å². The van der Waals surface area contributed by atoms with Crippen LogP contribution in [0.2, 0.25) is 5.02 Å². The Hall–Kier alpha value is -1.33. The second-order valence-electron chi connectivity index (χ2n) is 5.28. The minimum Gasteiger partial charge on any atom is -0.506 e. The molecule has 1 saturated carbocycles. The van der Waals surface area contributed by atoms with Crippen molar-refractivity contribution in [1.29, 1.82) is 0 Å². The molecule has 1 aliphatic carbocycles. The first-order valence-electron chi connectivity index (χ1n) is 6.88. The van der Waals surface area contributed by atoms with Crippen molar-refractivity contribution >= 4 is 33.3 Å². The van der Waals surface area contributed by atoms with Crippen molar-refractivity contribution in [3.63, 3.8) is 0 Å². The number of rotatable bonds is 2. The number of nitrogens with two attached hydrogens (primary N) is 1. The summed E-state index contributed by atoms with van der Waals surface area (Å²) in [6.07, 6.45) is 4.71. The van der Waals surface area contributed by atoms with Crippen LogP contribution in [-0.2, 0) is 0 Å². The van der Waals surface area contributed by atoms with E-state index in [0.717, 1.165) is 28.6 Å². The first-order valence-corrected chi connectivity index (χ1v) is 8.05. The fourth-order valence-electron chi connectivity index (χ4n) is 2.73. The average molecular weight is 369 g/mol. The Bertz CT molecular complexity index is 687. The first-order chi connectivity index (χ1) is 10.1. The highest BCUT2D eigenvalue weighted by atomic mass is 79.9. The van der Waals surface area contributed by atoms with E-state index < -0.39 is 0 Å². The van der Waals surface area contributed by atoms with Crippen LogP contribution in [0.3, 0.4) is 0 Å². The normalized spacial score (nSPS) is 15.5. The fourth-order valence-corrected chi connectivity index (χ4v) is 3.41. The van der Waals surface area contributed by atoms with Gasteiger partial charge in [0.2, 0.25) is 0 Å². The third-order valence-corrected chi connectivity index (χ3v) is 4.97. The van der Waals surface area contributed by atoms with Crippen LogP contribution in [0.1, 0.15) is 37.3 Å². The monoisotopic (exact) mass is 367 g/mol. The number of hydrogen-bond donors (Lipinski definition) is 2.